The standard InChI is InChI=1S/C21H23N5O2/c1-16-5-2-3-7-20(16)28-14-17-6-4-12-25(13-17)21(27)18-8-10-19(11-9-18)26-15-22-23-24-26/h2-3,5,7-11,15,17H,4,6,12-14H2,1H3/t17-/m0/s1. The molecule has 0 aliphatic carbocycles. The molecule has 1 fully saturated rings. The van der Waals surface area contributed by atoms with Gasteiger partial charge in [0.25, 0.3) is 5.91 Å². The molecule has 1 amide bonds. The summed E-state index contributed by atoms with van der Waals surface area (Å²) in [6.45, 7) is 4.19. The molecular formula is C21H23N5O2. The number of amides is 1. The first-order valence-corrected chi connectivity index (χ1v) is 9.52. The number of aromatic nitrogens is 4. The number of benzene rings is 2. The largest absolute Gasteiger partial charge is 0.493 e. The molecule has 0 spiro atoms. The molecular weight excluding hydrogens is 354 g/mol. The van der Waals surface area contributed by atoms with Gasteiger partial charge in [0.05, 0.1) is 12.3 Å². The number of likely N-dealkylation sites (tertiary alicyclic amines) is 1. The lowest BCUT2D eigenvalue weighted by atomic mass is 9.98. The summed E-state index contributed by atoms with van der Waals surface area (Å²) < 4.78 is 7.57. The van der Waals surface area contributed by atoms with Gasteiger partial charge in [0.15, 0.2) is 0 Å². The topological polar surface area (TPSA) is 73.1 Å². The zero-order chi connectivity index (χ0) is 19.3. The van der Waals surface area contributed by atoms with Gasteiger partial charge in [-0.3, -0.25) is 4.79 Å². The van der Waals surface area contributed by atoms with E-state index in [-0.39, 0.29) is 5.91 Å². The van der Waals surface area contributed by atoms with Crippen LogP contribution in [0.5, 0.6) is 5.75 Å². The Morgan fingerprint density at radius 1 is 1.18 bits per heavy atom. The Labute approximate surface area is 163 Å². The van der Waals surface area contributed by atoms with Gasteiger partial charge in [-0.05, 0) is 66.1 Å². The van der Waals surface area contributed by atoms with Crippen LogP contribution in [0.3, 0.4) is 0 Å². The van der Waals surface area contributed by atoms with Crippen molar-refractivity contribution < 1.29 is 9.53 Å². The maximum absolute atomic E-state index is 12.9. The van der Waals surface area contributed by atoms with Crippen LogP contribution in [0.25, 0.3) is 5.69 Å². The first-order valence-electron chi connectivity index (χ1n) is 9.52. The van der Waals surface area contributed by atoms with E-state index in [1.54, 1.807) is 4.68 Å². The summed E-state index contributed by atoms with van der Waals surface area (Å²) >= 11 is 0. The van der Waals surface area contributed by atoms with Crippen molar-refractivity contribution in [2.24, 2.45) is 5.92 Å². The molecule has 3 aromatic rings. The van der Waals surface area contributed by atoms with Gasteiger partial charge in [-0.25, -0.2) is 4.68 Å². The fraction of sp³-hybridized carbons (Fsp3) is 0.333. The minimum atomic E-state index is 0.0591. The predicted molar refractivity (Wildman–Crippen MR) is 104 cm³/mol. The lowest BCUT2D eigenvalue weighted by Gasteiger charge is -2.33. The second-order valence-corrected chi connectivity index (χ2v) is 7.14. The molecule has 4 rings (SSSR count). The minimum Gasteiger partial charge on any atom is -0.493 e. The first kappa shape index (κ1) is 18.2. The molecule has 28 heavy (non-hydrogen) atoms. The average molecular weight is 377 g/mol. The molecule has 1 aliphatic rings. The van der Waals surface area contributed by atoms with Gasteiger partial charge in [-0.1, -0.05) is 18.2 Å². The van der Waals surface area contributed by atoms with Gasteiger partial charge < -0.3 is 9.64 Å². The van der Waals surface area contributed by atoms with Crippen LogP contribution in [0.2, 0.25) is 0 Å². The summed E-state index contributed by atoms with van der Waals surface area (Å²) in [5, 5.41) is 11.1. The molecule has 2 aromatic carbocycles. The van der Waals surface area contributed by atoms with Crippen LogP contribution in [0.4, 0.5) is 0 Å². The van der Waals surface area contributed by atoms with Crippen molar-refractivity contribution in [2.75, 3.05) is 19.7 Å². The number of hydrogen-bond acceptors (Lipinski definition) is 5. The quantitative estimate of drug-likeness (QED) is 0.684. The second kappa shape index (κ2) is 8.21. The van der Waals surface area contributed by atoms with E-state index >= 15 is 0 Å². The van der Waals surface area contributed by atoms with Gasteiger partial charge in [0.1, 0.15) is 12.1 Å². The zero-order valence-electron chi connectivity index (χ0n) is 15.9. The normalized spacial score (nSPS) is 16.8. The van der Waals surface area contributed by atoms with E-state index in [2.05, 4.69) is 15.5 Å². The number of carbonyl (C=O) groups is 1. The SMILES string of the molecule is Cc1ccccc1OC[C@H]1CCCN(C(=O)c2ccc(-n3cnnn3)cc2)C1. The average Bonchev–Trinajstić information content (AvgIpc) is 3.28. The molecule has 7 heteroatoms. The van der Waals surface area contributed by atoms with Crippen molar-refractivity contribution in [1.82, 2.24) is 25.1 Å². The first-order chi connectivity index (χ1) is 13.7. The Balaban J connectivity index is 1.37. The van der Waals surface area contributed by atoms with E-state index < -0.39 is 0 Å². The summed E-state index contributed by atoms with van der Waals surface area (Å²) in [4.78, 5) is 14.8. The molecule has 2 heterocycles. The van der Waals surface area contributed by atoms with E-state index in [9.17, 15) is 4.79 Å². The number of carbonyl (C=O) groups excluding carboxylic acids is 1. The maximum atomic E-state index is 12.9. The predicted octanol–water partition coefficient (Wildman–Crippen LogP) is 2.90. The number of nitrogens with zero attached hydrogens (tertiary/aromatic N) is 5. The Kier molecular flexibility index (Phi) is 5.32. The van der Waals surface area contributed by atoms with Crippen LogP contribution >= 0.6 is 0 Å². The molecule has 1 aliphatic heterocycles. The third-order valence-electron chi connectivity index (χ3n) is 5.10. The summed E-state index contributed by atoms with van der Waals surface area (Å²) in [7, 11) is 0. The van der Waals surface area contributed by atoms with Crippen molar-refractivity contribution in [3.8, 4) is 11.4 Å². The number of aryl methyl sites for hydroxylation is 1. The summed E-state index contributed by atoms with van der Waals surface area (Å²) in [6, 6.07) is 15.4. The minimum absolute atomic E-state index is 0.0591. The molecule has 0 N–H and O–H groups in total. The van der Waals surface area contributed by atoms with Crippen molar-refractivity contribution in [3.05, 3.63) is 66.0 Å². The third-order valence-corrected chi connectivity index (χ3v) is 5.10. The number of hydrogen-bond donors (Lipinski definition) is 0. The number of ether oxygens (including phenoxy) is 1. The highest BCUT2D eigenvalue weighted by Crippen LogP contribution is 2.22. The van der Waals surface area contributed by atoms with E-state index in [4.69, 9.17) is 4.74 Å². The lowest BCUT2D eigenvalue weighted by molar-refractivity contribution is 0.0633. The Bertz CT molecular complexity index is 924. The third kappa shape index (κ3) is 4.03. The molecule has 0 saturated carbocycles. The molecule has 144 valence electrons. The maximum Gasteiger partial charge on any atom is 0.253 e. The summed E-state index contributed by atoms with van der Waals surface area (Å²) in [5.41, 5.74) is 2.64. The van der Waals surface area contributed by atoms with Gasteiger partial charge in [0, 0.05) is 24.6 Å². The van der Waals surface area contributed by atoms with E-state index in [1.165, 1.54) is 6.33 Å². The summed E-state index contributed by atoms with van der Waals surface area (Å²) in [5.74, 6) is 1.32. The van der Waals surface area contributed by atoms with Crippen LogP contribution in [-0.2, 0) is 0 Å². The highest BCUT2D eigenvalue weighted by molar-refractivity contribution is 5.94. The fourth-order valence-electron chi connectivity index (χ4n) is 3.53. The Morgan fingerprint density at radius 2 is 2.00 bits per heavy atom. The molecule has 1 atom stereocenters. The van der Waals surface area contributed by atoms with Crippen molar-refractivity contribution >= 4 is 5.91 Å². The monoisotopic (exact) mass is 377 g/mol. The van der Waals surface area contributed by atoms with Crippen LogP contribution in [0, 0.1) is 12.8 Å². The smallest absolute Gasteiger partial charge is 0.253 e. The van der Waals surface area contributed by atoms with Gasteiger partial charge in [0.2, 0.25) is 0 Å². The van der Waals surface area contributed by atoms with Crippen LogP contribution < -0.4 is 4.74 Å². The number of para-hydroxylation sites is 1. The van der Waals surface area contributed by atoms with Crippen LogP contribution in [0.1, 0.15) is 28.8 Å². The number of piperidine rings is 1. The second-order valence-electron chi connectivity index (χ2n) is 7.14. The zero-order valence-corrected chi connectivity index (χ0v) is 15.9. The van der Waals surface area contributed by atoms with Gasteiger partial charge in [-0.2, -0.15) is 0 Å². The molecule has 0 radical (unpaired) electrons. The molecule has 1 aromatic heterocycles. The highest BCUT2D eigenvalue weighted by atomic mass is 16.5. The molecule has 1 saturated heterocycles. The van der Waals surface area contributed by atoms with E-state index in [1.807, 2.05) is 60.4 Å². The number of tetrazole rings is 1. The fourth-order valence-corrected chi connectivity index (χ4v) is 3.53. The number of rotatable bonds is 5. The molecule has 0 unspecified atom stereocenters. The molecule has 0 bridgehead atoms. The van der Waals surface area contributed by atoms with Crippen molar-refractivity contribution in [1.29, 1.82) is 0 Å². The summed E-state index contributed by atoms with van der Waals surface area (Å²) in [6.07, 6.45) is 3.60. The van der Waals surface area contributed by atoms with Crippen molar-refractivity contribution in [2.45, 2.75) is 19.8 Å². The highest BCUT2D eigenvalue weighted by Gasteiger charge is 2.25. The van der Waals surface area contributed by atoms with Crippen LogP contribution in [-0.4, -0.2) is 50.7 Å². The lowest BCUT2D eigenvalue weighted by Crippen LogP contribution is -2.41. The van der Waals surface area contributed by atoms with E-state index in [0.29, 0.717) is 18.1 Å². The van der Waals surface area contributed by atoms with Gasteiger partial charge >= 0.3 is 0 Å². The Morgan fingerprint density at radius 3 is 2.75 bits per heavy atom. The van der Waals surface area contributed by atoms with Gasteiger partial charge in [-0.15, -0.1) is 5.10 Å². The molecule has 7 nitrogen and oxygen atoms in total. The van der Waals surface area contributed by atoms with Crippen LogP contribution in [0.15, 0.2) is 54.9 Å². The Hall–Kier alpha value is -3.22. The van der Waals surface area contributed by atoms with E-state index in [0.717, 1.165) is 42.9 Å². The van der Waals surface area contributed by atoms with Crippen molar-refractivity contribution in [3.63, 3.8) is 0 Å².